The van der Waals surface area contributed by atoms with Gasteiger partial charge in [-0.05, 0) is 48.6 Å². The molecule has 1 N–H and O–H groups in total. The zero-order valence-electron chi connectivity index (χ0n) is 11.8. The second-order valence-corrected chi connectivity index (χ2v) is 5.60. The summed E-state index contributed by atoms with van der Waals surface area (Å²) in [4.78, 5) is 0. The number of hydrogen-bond acceptors (Lipinski definition) is 1. The van der Waals surface area contributed by atoms with E-state index < -0.39 is 0 Å². The highest BCUT2D eigenvalue weighted by atomic mass is 19.1. The Morgan fingerprint density at radius 3 is 2.65 bits per heavy atom. The number of rotatable bonds is 4. The molecule has 2 aromatic carbocycles. The molecular weight excluding hydrogens is 249 g/mol. The topological polar surface area (TPSA) is 12.0 Å². The monoisotopic (exact) mass is 269 g/mol. The summed E-state index contributed by atoms with van der Waals surface area (Å²) in [5.41, 5.74) is 4.02. The highest BCUT2D eigenvalue weighted by molar-refractivity contribution is 5.65. The summed E-state index contributed by atoms with van der Waals surface area (Å²) in [7, 11) is 1.87. The van der Waals surface area contributed by atoms with Gasteiger partial charge >= 0.3 is 0 Å². The van der Waals surface area contributed by atoms with Gasteiger partial charge in [0.1, 0.15) is 5.82 Å². The number of halogens is 1. The van der Waals surface area contributed by atoms with Crippen LogP contribution >= 0.6 is 0 Å². The van der Waals surface area contributed by atoms with Crippen LogP contribution in [0.25, 0.3) is 11.1 Å². The Bertz CT molecular complexity index is 602. The molecule has 1 fully saturated rings. The summed E-state index contributed by atoms with van der Waals surface area (Å²) < 4.78 is 14.3. The van der Waals surface area contributed by atoms with Crippen LogP contribution in [0.1, 0.15) is 36.3 Å². The average molecular weight is 269 g/mol. The smallest absolute Gasteiger partial charge is 0.131 e. The van der Waals surface area contributed by atoms with Crippen LogP contribution in [0, 0.1) is 5.82 Å². The van der Waals surface area contributed by atoms with Gasteiger partial charge in [0.15, 0.2) is 0 Å². The molecule has 3 rings (SSSR count). The fourth-order valence-corrected chi connectivity index (χ4v) is 2.81. The number of benzene rings is 2. The Morgan fingerprint density at radius 2 is 2.00 bits per heavy atom. The molecule has 104 valence electrons. The lowest BCUT2D eigenvalue weighted by Crippen LogP contribution is -2.08. The molecule has 2 aromatic rings. The molecule has 1 nitrogen and oxygen atoms in total. The SMILES string of the molecule is CNCc1ccc(-c2cccc(C3CCC3)c2)c(F)c1. The van der Waals surface area contributed by atoms with Crippen LogP contribution < -0.4 is 5.32 Å². The van der Waals surface area contributed by atoms with E-state index in [1.807, 2.05) is 31.3 Å². The minimum atomic E-state index is -0.136. The first kappa shape index (κ1) is 13.3. The predicted molar refractivity (Wildman–Crippen MR) is 81.2 cm³/mol. The molecule has 0 aromatic heterocycles. The highest BCUT2D eigenvalue weighted by Crippen LogP contribution is 2.37. The van der Waals surface area contributed by atoms with E-state index in [4.69, 9.17) is 0 Å². The van der Waals surface area contributed by atoms with Gasteiger partial charge in [-0.15, -0.1) is 0 Å². The average Bonchev–Trinajstić information content (AvgIpc) is 2.37. The molecule has 0 unspecified atom stereocenters. The van der Waals surface area contributed by atoms with Gasteiger partial charge in [-0.3, -0.25) is 0 Å². The van der Waals surface area contributed by atoms with Crippen LogP contribution in [0.2, 0.25) is 0 Å². The minimum Gasteiger partial charge on any atom is -0.316 e. The Hall–Kier alpha value is -1.67. The molecule has 20 heavy (non-hydrogen) atoms. The molecule has 0 saturated heterocycles. The van der Waals surface area contributed by atoms with Crippen LogP contribution in [0.5, 0.6) is 0 Å². The standard InChI is InChI=1S/C18H20FN/c1-20-12-13-8-9-17(18(19)10-13)16-7-3-6-15(11-16)14-4-2-5-14/h3,6-11,14,20H,2,4-5,12H2,1H3. The summed E-state index contributed by atoms with van der Waals surface area (Å²) in [6, 6.07) is 13.9. The summed E-state index contributed by atoms with van der Waals surface area (Å²) in [5, 5.41) is 3.04. The van der Waals surface area contributed by atoms with Crippen molar-refractivity contribution in [3.05, 3.63) is 59.4 Å². The highest BCUT2D eigenvalue weighted by Gasteiger charge is 2.19. The second kappa shape index (κ2) is 5.76. The molecule has 0 atom stereocenters. The van der Waals surface area contributed by atoms with Crippen molar-refractivity contribution < 1.29 is 4.39 Å². The lowest BCUT2D eigenvalue weighted by molar-refractivity contribution is 0.420. The molecule has 0 heterocycles. The van der Waals surface area contributed by atoms with Crippen LogP contribution in [0.4, 0.5) is 4.39 Å². The van der Waals surface area contributed by atoms with Crippen molar-refractivity contribution in [1.82, 2.24) is 5.32 Å². The van der Waals surface area contributed by atoms with Gasteiger partial charge in [0.05, 0.1) is 0 Å². The fraction of sp³-hybridized carbons (Fsp3) is 0.333. The predicted octanol–water partition coefficient (Wildman–Crippen LogP) is 4.48. The zero-order chi connectivity index (χ0) is 13.9. The van der Waals surface area contributed by atoms with E-state index in [-0.39, 0.29) is 5.82 Å². The van der Waals surface area contributed by atoms with Crippen molar-refractivity contribution in [2.24, 2.45) is 0 Å². The van der Waals surface area contributed by atoms with Gasteiger partial charge < -0.3 is 5.32 Å². The Balaban J connectivity index is 1.92. The number of hydrogen-bond donors (Lipinski definition) is 1. The maximum Gasteiger partial charge on any atom is 0.131 e. The zero-order valence-corrected chi connectivity index (χ0v) is 11.8. The van der Waals surface area contributed by atoms with E-state index in [0.717, 1.165) is 11.1 Å². The van der Waals surface area contributed by atoms with Gasteiger partial charge in [-0.25, -0.2) is 4.39 Å². The molecule has 0 spiro atoms. The second-order valence-electron chi connectivity index (χ2n) is 5.60. The Labute approximate surface area is 119 Å². The largest absolute Gasteiger partial charge is 0.316 e. The van der Waals surface area contributed by atoms with Crippen molar-refractivity contribution in [2.45, 2.75) is 31.7 Å². The van der Waals surface area contributed by atoms with Crippen LogP contribution in [0.3, 0.4) is 0 Å². The summed E-state index contributed by atoms with van der Waals surface area (Å²) >= 11 is 0. The summed E-state index contributed by atoms with van der Waals surface area (Å²) in [5.74, 6) is 0.546. The minimum absolute atomic E-state index is 0.136. The van der Waals surface area contributed by atoms with Gasteiger partial charge in [0.2, 0.25) is 0 Å². The Morgan fingerprint density at radius 1 is 1.15 bits per heavy atom. The van der Waals surface area contributed by atoms with Gasteiger partial charge in [-0.1, -0.05) is 42.8 Å². The molecule has 0 aliphatic heterocycles. The maximum absolute atomic E-state index is 14.3. The van der Waals surface area contributed by atoms with Crippen molar-refractivity contribution in [3.63, 3.8) is 0 Å². The first-order valence-corrected chi connectivity index (χ1v) is 7.31. The first-order valence-electron chi connectivity index (χ1n) is 7.31. The van der Waals surface area contributed by atoms with Crippen molar-refractivity contribution in [3.8, 4) is 11.1 Å². The molecule has 1 aliphatic rings. The van der Waals surface area contributed by atoms with Gasteiger partial charge in [0, 0.05) is 12.1 Å². The third-order valence-corrected chi connectivity index (χ3v) is 4.19. The van der Waals surface area contributed by atoms with E-state index in [1.54, 1.807) is 6.07 Å². The van der Waals surface area contributed by atoms with Gasteiger partial charge in [0.25, 0.3) is 0 Å². The normalized spacial score (nSPS) is 15.1. The lowest BCUT2D eigenvalue weighted by Gasteiger charge is -2.26. The molecule has 0 bridgehead atoms. The van der Waals surface area contributed by atoms with E-state index in [0.29, 0.717) is 18.0 Å². The summed E-state index contributed by atoms with van der Waals surface area (Å²) in [6.07, 6.45) is 3.86. The number of nitrogens with one attached hydrogen (secondary N) is 1. The van der Waals surface area contributed by atoms with Crippen LogP contribution in [0.15, 0.2) is 42.5 Å². The molecule has 0 amide bonds. The molecular formula is C18H20FN. The molecule has 1 aliphatic carbocycles. The fourth-order valence-electron chi connectivity index (χ4n) is 2.81. The van der Waals surface area contributed by atoms with Crippen molar-refractivity contribution in [1.29, 1.82) is 0 Å². The third kappa shape index (κ3) is 2.61. The van der Waals surface area contributed by atoms with E-state index in [2.05, 4.69) is 17.4 Å². The Kier molecular flexibility index (Phi) is 3.83. The van der Waals surface area contributed by atoms with Crippen molar-refractivity contribution in [2.75, 3.05) is 7.05 Å². The molecule has 2 heteroatoms. The van der Waals surface area contributed by atoms with E-state index >= 15 is 0 Å². The quantitative estimate of drug-likeness (QED) is 0.863. The van der Waals surface area contributed by atoms with Crippen molar-refractivity contribution >= 4 is 0 Å². The lowest BCUT2D eigenvalue weighted by atomic mass is 9.79. The third-order valence-electron chi connectivity index (χ3n) is 4.19. The van der Waals surface area contributed by atoms with Gasteiger partial charge in [-0.2, -0.15) is 0 Å². The van der Waals surface area contributed by atoms with E-state index in [9.17, 15) is 4.39 Å². The molecule has 1 saturated carbocycles. The summed E-state index contributed by atoms with van der Waals surface area (Å²) in [6.45, 7) is 0.694. The van der Waals surface area contributed by atoms with E-state index in [1.165, 1.54) is 24.8 Å². The maximum atomic E-state index is 14.3. The van der Waals surface area contributed by atoms with Crippen LogP contribution in [-0.2, 0) is 6.54 Å². The molecule has 0 radical (unpaired) electrons. The first-order chi connectivity index (χ1) is 9.78. The van der Waals surface area contributed by atoms with Crippen LogP contribution in [-0.4, -0.2) is 7.05 Å².